The highest BCUT2D eigenvalue weighted by Crippen LogP contribution is 2.18. The van der Waals surface area contributed by atoms with Gasteiger partial charge in [-0.3, -0.25) is 4.79 Å². The van der Waals surface area contributed by atoms with E-state index in [4.69, 9.17) is 14.5 Å². The van der Waals surface area contributed by atoms with E-state index in [1.165, 1.54) is 0 Å². The molecule has 0 saturated carbocycles. The first-order valence-electron chi connectivity index (χ1n) is 9.17. The number of rotatable bonds is 9. The fourth-order valence-corrected chi connectivity index (χ4v) is 3.08. The van der Waals surface area contributed by atoms with Crippen molar-refractivity contribution < 1.29 is 14.3 Å². The van der Waals surface area contributed by atoms with Crippen LogP contribution in [0, 0.1) is 0 Å². The molecular weight excluding hydrogens is 342 g/mol. The maximum atomic E-state index is 12.4. The molecule has 1 N–H and O–H groups in total. The molecule has 0 radical (unpaired) electrons. The van der Waals surface area contributed by atoms with Gasteiger partial charge in [-0.05, 0) is 31.2 Å². The average molecular weight is 367 g/mol. The lowest BCUT2D eigenvalue weighted by atomic mass is 10.2. The van der Waals surface area contributed by atoms with Crippen LogP contribution in [-0.4, -0.2) is 42.3 Å². The minimum absolute atomic E-state index is 0.149. The first kappa shape index (κ1) is 18.9. The largest absolute Gasteiger partial charge is 0.496 e. The second-order valence-corrected chi connectivity index (χ2v) is 6.07. The van der Waals surface area contributed by atoms with E-state index in [0.717, 1.165) is 23.4 Å². The van der Waals surface area contributed by atoms with Gasteiger partial charge in [0, 0.05) is 26.1 Å². The summed E-state index contributed by atoms with van der Waals surface area (Å²) in [4.78, 5) is 17.2. The zero-order valence-corrected chi connectivity index (χ0v) is 15.8. The molecule has 0 unspecified atom stereocenters. The highest BCUT2D eigenvalue weighted by molar-refractivity contribution is 5.96. The molecule has 0 atom stereocenters. The number of ether oxygens (including phenoxy) is 2. The van der Waals surface area contributed by atoms with E-state index >= 15 is 0 Å². The van der Waals surface area contributed by atoms with Crippen molar-refractivity contribution in [2.24, 2.45) is 0 Å². The van der Waals surface area contributed by atoms with Gasteiger partial charge in [-0.25, -0.2) is 4.98 Å². The molecule has 6 heteroatoms. The lowest BCUT2D eigenvalue weighted by Crippen LogP contribution is -2.27. The quantitative estimate of drug-likeness (QED) is 0.591. The maximum absolute atomic E-state index is 12.4. The number of nitrogens with zero attached hydrogens (tertiary/aromatic N) is 2. The average Bonchev–Trinajstić information content (AvgIpc) is 3.05. The number of methoxy groups -OCH3 is 1. The molecule has 0 aliphatic carbocycles. The Bertz CT molecular complexity index is 905. The van der Waals surface area contributed by atoms with Gasteiger partial charge in [-0.1, -0.05) is 24.3 Å². The highest BCUT2D eigenvalue weighted by Gasteiger charge is 2.13. The number of benzene rings is 2. The molecule has 0 aliphatic heterocycles. The van der Waals surface area contributed by atoms with Crippen LogP contribution in [0.1, 0.15) is 23.1 Å². The van der Waals surface area contributed by atoms with Gasteiger partial charge < -0.3 is 19.4 Å². The lowest BCUT2D eigenvalue weighted by Gasteiger charge is -2.11. The van der Waals surface area contributed by atoms with Crippen LogP contribution in [0.4, 0.5) is 0 Å². The number of carbonyl (C=O) groups excluding carboxylic acids is 1. The Morgan fingerprint density at radius 3 is 2.74 bits per heavy atom. The molecule has 3 rings (SSSR count). The number of fused-ring (bicyclic) bond motifs is 1. The third-order valence-corrected chi connectivity index (χ3v) is 4.38. The van der Waals surface area contributed by atoms with E-state index in [2.05, 4.69) is 16.0 Å². The Hall–Kier alpha value is -2.86. The lowest BCUT2D eigenvalue weighted by molar-refractivity contribution is 0.0950. The third kappa shape index (κ3) is 4.46. The Balaban J connectivity index is 1.69. The molecule has 142 valence electrons. The van der Waals surface area contributed by atoms with Gasteiger partial charge in [0.1, 0.15) is 11.6 Å². The van der Waals surface area contributed by atoms with E-state index < -0.39 is 0 Å². The molecule has 0 bridgehead atoms. The summed E-state index contributed by atoms with van der Waals surface area (Å²) < 4.78 is 12.9. The Labute approximate surface area is 159 Å². The number of aromatic nitrogens is 2. The van der Waals surface area contributed by atoms with Crippen LogP contribution in [0.3, 0.4) is 0 Å². The van der Waals surface area contributed by atoms with Crippen LogP contribution in [0.25, 0.3) is 11.0 Å². The van der Waals surface area contributed by atoms with Crippen molar-refractivity contribution in [3.8, 4) is 5.75 Å². The molecule has 0 saturated heterocycles. The molecule has 0 aliphatic rings. The minimum Gasteiger partial charge on any atom is -0.496 e. The summed E-state index contributed by atoms with van der Waals surface area (Å²) in [6, 6.07) is 15.3. The normalized spacial score (nSPS) is 10.9. The molecule has 0 fully saturated rings. The van der Waals surface area contributed by atoms with Crippen molar-refractivity contribution >= 4 is 16.9 Å². The van der Waals surface area contributed by atoms with Gasteiger partial charge in [-0.2, -0.15) is 0 Å². The first-order valence-corrected chi connectivity index (χ1v) is 9.17. The zero-order chi connectivity index (χ0) is 19.1. The predicted molar refractivity (Wildman–Crippen MR) is 105 cm³/mol. The van der Waals surface area contributed by atoms with E-state index in [0.29, 0.717) is 37.5 Å². The standard InChI is InChI=1S/C21H25N3O3/c1-3-27-15-14-24-18-10-6-5-9-17(18)23-20(24)12-13-22-21(25)16-8-4-7-11-19(16)26-2/h4-11H,3,12-15H2,1-2H3,(H,22,25). The van der Waals surface area contributed by atoms with Gasteiger partial charge in [0.2, 0.25) is 0 Å². The van der Waals surface area contributed by atoms with Crippen molar-refractivity contribution in [2.75, 3.05) is 26.9 Å². The second-order valence-electron chi connectivity index (χ2n) is 6.07. The monoisotopic (exact) mass is 367 g/mol. The summed E-state index contributed by atoms with van der Waals surface area (Å²) in [6.45, 7) is 4.55. The van der Waals surface area contributed by atoms with Crippen LogP contribution in [-0.2, 0) is 17.7 Å². The molecule has 1 amide bonds. The molecule has 0 spiro atoms. The number of imidazole rings is 1. The fourth-order valence-electron chi connectivity index (χ4n) is 3.08. The van der Waals surface area contributed by atoms with Crippen LogP contribution >= 0.6 is 0 Å². The molecule has 1 aromatic heterocycles. The van der Waals surface area contributed by atoms with Crippen LogP contribution < -0.4 is 10.1 Å². The Morgan fingerprint density at radius 2 is 1.93 bits per heavy atom. The van der Waals surface area contributed by atoms with Crippen molar-refractivity contribution in [3.05, 3.63) is 59.9 Å². The van der Waals surface area contributed by atoms with Crippen molar-refractivity contribution in [1.82, 2.24) is 14.9 Å². The summed E-state index contributed by atoms with van der Waals surface area (Å²) >= 11 is 0. The van der Waals surface area contributed by atoms with E-state index in [-0.39, 0.29) is 5.91 Å². The molecule has 2 aromatic carbocycles. The summed E-state index contributed by atoms with van der Waals surface area (Å²) in [7, 11) is 1.56. The third-order valence-electron chi connectivity index (χ3n) is 4.38. The van der Waals surface area contributed by atoms with Crippen molar-refractivity contribution in [1.29, 1.82) is 0 Å². The minimum atomic E-state index is -0.149. The summed E-state index contributed by atoms with van der Waals surface area (Å²) in [5, 5.41) is 2.96. The molecule has 1 heterocycles. The number of para-hydroxylation sites is 3. The molecule has 6 nitrogen and oxygen atoms in total. The second kappa shape index (κ2) is 9.19. The van der Waals surface area contributed by atoms with Gasteiger partial charge in [-0.15, -0.1) is 0 Å². The fraction of sp³-hybridized carbons (Fsp3) is 0.333. The van der Waals surface area contributed by atoms with Crippen molar-refractivity contribution in [3.63, 3.8) is 0 Å². The van der Waals surface area contributed by atoms with Crippen LogP contribution in [0.15, 0.2) is 48.5 Å². The Morgan fingerprint density at radius 1 is 1.15 bits per heavy atom. The molecular formula is C21H25N3O3. The van der Waals surface area contributed by atoms with Gasteiger partial charge >= 0.3 is 0 Å². The summed E-state index contributed by atoms with van der Waals surface area (Å²) in [5.41, 5.74) is 2.58. The topological polar surface area (TPSA) is 65.4 Å². The van der Waals surface area contributed by atoms with Gasteiger partial charge in [0.25, 0.3) is 5.91 Å². The SMILES string of the molecule is CCOCCn1c(CCNC(=O)c2ccccc2OC)nc2ccccc21. The molecule has 3 aromatic rings. The van der Waals surface area contributed by atoms with Gasteiger partial charge in [0.15, 0.2) is 0 Å². The van der Waals surface area contributed by atoms with E-state index in [1.54, 1.807) is 19.2 Å². The zero-order valence-electron chi connectivity index (χ0n) is 15.8. The Kier molecular flexibility index (Phi) is 6.44. The molecule has 27 heavy (non-hydrogen) atoms. The number of carbonyl (C=O) groups is 1. The number of amides is 1. The number of nitrogens with one attached hydrogen (secondary N) is 1. The summed E-state index contributed by atoms with van der Waals surface area (Å²) in [5.74, 6) is 1.36. The van der Waals surface area contributed by atoms with E-state index in [1.807, 2.05) is 37.3 Å². The smallest absolute Gasteiger partial charge is 0.255 e. The van der Waals surface area contributed by atoms with Crippen molar-refractivity contribution in [2.45, 2.75) is 19.9 Å². The van der Waals surface area contributed by atoms with Gasteiger partial charge in [0.05, 0.1) is 30.3 Å². The number of hydrogen-bond acceptors (Lipinski definition) is 4. The van der Waals surface area contributed by atoms with Crippen LogP contribution in [0.2, 0.25) is 0 Å². The van der Waals surface area contributed by atoms with E-state index in [9.17, 15) is 4.79 Å². The summed E-state index contributed by atoms with van der Waals surface area (Å²) in [6.07, 6.45) is 0.641. The first-order chi connectivity index (χ1) is 13.2. The number of hydrogen-bond donors (Lipinski definition) is 1. The maximum Gasteiger partial charge on any atom is 0.255 e. The van der Waals surface area contributed by atoms with Crippen LogP contribution in [0.5, 0.6) is 5.75 Å². The predicted octanol–water partition coefficient (Wildman–Crippen LogP) is 3.05. The highest BCUT2D eigenvalue weighted by atomic mass is 16.5.